The normalized spacial score (nSPS) is 8.60. The van der Waals surface area contributed by atoms with Crippen LogP contribution in [0.25, 0.3) is 0 Å². The van der Waals surface area contributed by atoms with Gasteiger partial charge in [-0.3, -0.25) is 0 Å². The Bertz CT molecular complexity index is 18.9. The predicted molar refractivity (Wildman–Crippen MR) is 30.8 cm³/mol. The molecule has 0 aliphatic heterocycles. The van der Waals surface area contributed by atoms with E-state index in [0.29, 0.717) is 0 Å². The molecule has 28 valence electrons. The minimum atomic E-state index is 0.884. The van der Waals surface area contributed by atoms with Gasteiger partial charge in [0.15, 0.2) is 0 Å². The second-order valence-corrected chi connectivity index (χ2v) is 1.80. The summed E-state index contributed by atoms with van der Waals surface area (Å²) in [6.45, 7) is 4.44. The molecule has 0 unspecified atom stereocenters. The lowest BCUT2D eigenvalue weighted by molar-refractivity contribution is 1.07. The highest BCUT2D eigenvalue weighted by molar-refractivity contribution is 6.90. The molecule has 0 spiro atoms. The van der Waals surface area contributed by atoms with Crippen molar-refractivity contribution < 1.29 is 0 Å². The van der Waals surface area contributed by atoms with Gasteiger partial charge in [0.25, 0.3) is 0 Å². The van der Waals surface area contributed by atoms with Crippen molar-refractivity contribution in [3.63, 3.8) is 0 Å². The number of hydrogen-bond acceptors (Lipinski definition) is 0. The maximum Gasteiger partial charge on any atom is 0.0853 e. The van der Waals surface area contributed by atoms with E-state index in [1.807, 2.05) is 0 Å². The topological polar surface area (TPSA) is 0 Å². The number of hydrogen-bond donors (Lipinski definition) is 0. The van der Waals surface area contributed by atoms with Gasteiger partial charge in [0.1, 0.15) is 0 Å². The summed E-state index contributed by atoms with van der Waals surface area (Å²) in [5.74, 6) is 0.884. The van der Waals surface area contributed by atoms with Crippen LogP contribution in [-0.4, -0.2) is 14.9 Å². The molecule has 0 aromatic carbocycles. The van der Waals surface area contributed by atoms with Crippen LogP contribution < -0.4 is 0 Å². The molecule has 0 N–H and O–H groups in total. The van der Waals surface area contributed by atoms with E-state index >= 15 is 0 Å². The third-order valence-corrected chi connectivity index (χ3v) is 0.816. The summed E-state index contributed by atoms with van der Waals surface area (Å²) < 4.78 is 0. The van der Waals surface area contributed by atoms with Crippen LogP contribution in [0.15, 0.2) is 0 Å². The predicted octanol–water partition coefficient (Wildman–Crippen LogP) is -0.201. The third-order valence-electron chi connectivity index (χ3n) is 0.816. The first-order valence-electron chi connectivity index (χ1n) is 2.27. The molecule has 2 heteroatoms. The molecule has 0 bridgehead atoms. The highest BCUT2D eigenvalue weighted by Crippen LogP contribution is 1.90. The minimum Gasteiger partial charge on any atom is -0.0792 e. The lowest BCUT2D eigenvalue weighted by atomic mass is 9.48. The molecule has 0 atom stereocenters. The monoisotopic (exact) mass is 68.1 g/mol. The van der Waals surface area contributed by atoms with Crippen LogP contribution in [0.4, 0.5) is 0 Å². The van der Waals surface area contributed by atoms with E-state index in [9.17, 15) is 0 Å². The highest BCUT2D eigenvalue weighted by Gasteiger charge is 1.83. The van der Waals surface area contributed by atoms with Gasteiger partial charge in [-0.1, -0.05) is 19.7 Å². The zero-order chi connectivity index (χ0) is 4.28. The Labute approximate surface area is 35.6 Å². The summed E-state index contributed by atoms with van der Waals surface area (Å²) in [7, 11) is 3.50. The van der Waals surface area contributed by atoms with Crippen LogP contribution in [0, 0.1) is 0 Å². The Morgan fingerprint density at radius 3 is 1.80 bits per heavy atom. The fraction of sp³-hybridized carbons (Fsp3) is 1.00. The quantitative estimate of drug-likeness (QED) is 0.373. The lowest BCUT2D eigenvalue weighted by Crippen LogP contribution is -1.91. The van der Waals surface area contributed by atoms with Crippen LogP contribution in [-0.2, 0) is 0 Å². The first-order chi connectivity index (χ1) is 2.27. The van der Waals surface area contributed by atoms with Crippen LogP contribution in [0.2, 0.25) is 5.82 Å². The molecular weight excluding hydrogens is 57.7 g/mol. The average Bonchev–Trinajstić information content (AvgIpc) is 1.38. The van der Waals surface area contributed by atoms with Gasteiger partial charge in [0.2, 0.25) is 0 Å². The zero-order valence-electron chi connectivity index (χ0n) is 4.28. The van der Waals surface area contributed by atoms with Gasteiger partial charge in [-0.05, 0) is 0 Å². The van der Waals surface area contributed by atoms with Crippen molar-refractivity contribution in [1.82, 2.24) is 0 Å². The molecule has 0 nitrogen and oxygen atoms in total. The average molecular weight is 67.7 g/mol. The fourth-order valence-corrected chi connectivity index (χ4v) is 0. The van der Waals surface area contributed by atoms with E-state index < -0.39 is 0 Å². The van der Waals surface area contributed by atoms with Crippen LogP contribution >= 0.6 is 0 Å². The Balaban J connectivity index is 2.54. The van der Waals surface area contributed by atoms with Crippen molar-refractivity contribution >= 4 is 14.9 Å². The molecule has 0 heterocycles. The molecule has 0 fully saturated rings. The second kappa shape index (κ2) is 2.37. The van der Waals surface area contributed by atoms with E-state index in [2.05, 4.69) is 21.6 Å². The zero-order valence-corrected chi connectivity index (χ0v) is 4.28. The van der Waals surface area contributed by atoms with Gasteiger partial charge >= 0.3 is 0 Å². The summed E-state index contributed by atoms with van der Waals surface area (Å²) in [6, 6.07) is 0. The van der Waals surface area contributed by atoms with E-state index in [0.717, 1.165) is 5.82 Å². The van der Waals surface area contributed by atoms with Gasteiger partial charge in [0.05, 0.1) is 14.9 Å². The van der Waals surface area contributed by atoms with E-state index in [-0.39, 0.29) is 0 Å². The molecule has 0 saturated heterocycles. The van der Waals surface area contributed by atoms with Crippen molar-refractivity contribution in [2.75, 3.05) is 0 Å². The second-order valence-electron chi connectivity index (χ2n) is 1.80. The Morgan fingerprint density at radius 2 is 1.80 bits per heavy atom. The molecule has 0 aromatic heterocycles. The van der Waals surface area contributed by atoms with Gasteiger partial charge in [-0.2, -0.15) is 0 Å². The molecule has 0 rings (SSSR count). The third kappa shape index (κ3) is 4.13. The summed E-state index contributed by atoms with van der Waals surface area (Å²) in [5, 5.41) is 0. The highest BCUT2D eigenvalue weighted by atomic mass is 13.6. The van der Waals surface area contributed by atoms with Gasteiger partial charge in [-0.15, -0.1) is 0 Å². The van der Waals surface area contributed by atoms with Crippen molar-refractivity contribution in [1.29, 1.82) is 0 Å². The van der Waals surface area contributed by atoms with Gasteiger partial charge in [0, 0.05) is 0 Å². The largest absolute Gasteiger partial charge is 0.0853 e. The van der Waals surface area contributed by atoms with E-state index in [1.54, 1.807) is 0 Å². The van der Waals surface area contributed by atoms with Crippen LogP contribution in [0.5, 0.6) is 0 Å². The van der Waals surface area contributed by atoms with Crippen LogP contribution in [0.1, 0.15) is 13.8 Å². The molecule has 0 amide bonds. The smallest absolute Gasteiger partial charge is 0.0792 e. The molecule has 0 aromatic rings. The fourth-order valence-electron chi connectivity index (χ4n) is 0. The molecule has 0 saturated carbocycles. The maximum atomic E-state index is 2.22. The van der Waals surface area contributed by atoms with Crippen molar-refractivity contribution in [2.24, 2.45) is 0 Å². The van der Waals surface area contributed by atoms with Crippen molar-refractivity contribution in [2.45, 2.75) is 19.7 Å². The first-order valence-corrected chi connectivity index (χ1v) is 2.27. The molecule has 0 radical (unpaired) electrons. The minimum absolute atomic E-state index is 0.884. The summed E-state index contributed by atoms with van der Waals surface area (Å²) in [6.07, 6.45) is 0. The van der Waals surface area contributed by atoms with E-state index in [4.69, 9.17) is 0 Å². The van der Waals surface area contributed by atoms with Gasteiger partial charge < -0.3 is 0 Å². The first kappa shape index (κ1) is 5.13. The van der Waals surface area contributed by atoms with E-state index in [1.165, 1.54) is 7.17 Å². The Morgan fingerprint density at radius 1 is 1.60 bits per heavy atom. The van der Waals surface area contributed by atoms with Crippen LogP contribution in [0.3, 0.4) is 0 Å². The molecule has 5 heavy (non-hydrogen) atoms. The summed E-state index contributed by atoms with van der Waals surface area (Å²) >= 11 is 0. The number of rotatable bonds is 1. The lowest BCUT2D eigenvalue weighted by Gasteiger charge is -1.88. The molecular formula is C3H10B2. The summed E-state index contributed by atoms with van der Waals surface area (Å²) in [4.78, 5) is 0. The van der Waals surface area contributed by atoms with Crippen molar-refractivity contribution in [3.05, 3.63) is 0 Å². The molecule has 0 aliphatic rings. The van der Waals surface area contributed by atoms with Gasteiger partial charge in [-0.25, -0.2) is 0 Å². The SMILES string of the molecule is BBC(C)C. The van der Waals surface area contributed by atoms with Crippen molar-refractivity contribution in [3.8, 4) is 0 Å². The molecule has 0 aliphatic carbocycles. The Kier molecular flexibility index (Phi) is 2.43. The summed E-state index contributed by atoms with van der Waals surface area (Å²) in [5.41, 5.74) is 0. The maximum absolute atomic E-state index is 2.22. The Hall–Kier alpha value is 0.130. The standard InChI is InChI=1S/C3H10B2/c1-3(2)5-4/h3,5H,4H2,1-2H3.